The van der Waals surface area contributed by atoms with Crippen molar-refractivity contribution in [2.75, 3.05) is 55.7 Å². The molecule has 0 unspecified atom stereocenters. The summed E-state index contributed by atoms with van der Waals surface area (Å²) in [7, 11) is 8.72. The molecular weight excluding hydrogens is 684 g/mol. The molecule has 286 valence electrons. The number of hydrogen-bond acceptors (Lipinski definition) is 11. The van der Waals surface area contributed by atoms with Crippen LogP contribution in [0.5, 0.6) is 28.7 Å². The number of Topliss-reactive ketones (excluding diaryl/α,β-unsaturated/α-hetero) is 1. The van der Waals surface area contributed by atoms with Gasteiger partial charge in [-0.25, -0.2) is 4.79 Å². The molecule has 53 heavy (non-hydrogen) atoms. The normalized spacial score (nSPS) is 14.5. The van der Waals surface area contributed by atoms with E-state index in [2.05, 4.69) is 0 Å². The Bertz CT molecular complexity index is 1830. The Morgan fingerprint density at radius 1 is 0.906 bits per heavy atom. The van der Waals surface area contributed by atoms with E-state index in [-0.39, 0.29) is 48.8 Å². The van der Waals surface area contributed by atoms with E-state index in [1.165, 1.54) is 52.4 Å². The Morgan fingerprint density at radius 3 is 2.06 bits per heavy atom. The molecule has 0 saturated carbocycles. The lowest BCUT2D eigenvalue weighted by atomic mass is 9.86. The first kappa shape index (κ1) is 40.5. The first-order valence-electron chi connectivity index (χ1n) is 17.1. The predicted molar refractivity (Wildman–Crippen MR) is 197 cm³/mol. The van der Waals surface area contributed by atoms with Crippen LogP contribution < -0.4 is 23.7 Å². The smallest absolute Gasteiger partial charge is 0.410 e. The molecule has 3 aromatic carbocycles. The van der Waals surface area contributed by atoms with Crippen molar-refractivity contribution in [1.82, 2.24) is 9.80 Å². The summed E-state index contributed by atoms with van der Waals surface area (Å²) in [6.45, 7) is 8.45. The van der Waals surface area contributed by atoms with Crippen LogP contribution in [0.15, 0.2) is 36.4 Å². The molecule has 0 N–H and O–H groups in total. The number of aryl methyl sites for hydroxylation is 1. The highest BCUT2D eigenvalue weighted by atomic mass is 16.6. The Balaban J connectivity index is 1.93. The van der Waals surface area contributed by atoms with E-state index < -0.39 is 35.5 Å². The third kappa shape index (κ3) is 8.35. The highest BCUT2D eigenvalue weighted by Gasteiger charge is 2.45. The quantitative estimate of drug-likeness (QED) is 0.183. The van der Waals surface area contributed by atoms with Gasteiger partial charge >= 0.3 is 6.09 Å². The number of methoxy groups -OCH3 is 5. The van der Waals surface area contributed by atoms with Gasteiger partial charge in [-0.1, -0.05) is 36.4 Å². The molecule has 0 bridgehead atoms. The van der Waals surface area contributed by atoms with Crippen LogP contribution in [-0.2, 0) is 27.3 Å². The lowest BCUT2D eigenvalue weighted by molar-refractivity contribution is -0.140. The van der Waals surface area contributed by atoms with Crippen molar-refractivity contribution < 1.29 is 52.3 Å². The Morgan fingerprint density at radius 2 is 1.51 bits per heavy atom. The number of hydrogen-bond donors (Lipinski definition) is 0. The monoisotopic (exact) mass is 734 g/mol. The second kappa shape index (κ2) is 17.0. The lowest BCUT2D eigenvalue weighted by Crippen LogP contribution is -2.55. The Labute approximate surface area is 311 Å². The zero-order chi connectivity index (χ0) is 39.2. The number of benzene rings is 3. The zero-order valence-electron chi connectivity index (χ0n) is 32.4. The predicted octanol–water partition coefficient (Wildman–Crippen LogP) is 5.92. The van der Waals surface area contributed by atoms with Gasteiger partial charge in [0, 0.05) is 24.6 Å². The van der Waals surface area contributed by atoms with E-state index in [1.54, 1.807) is 40.7 Å². The van der Waals surface area contributed by atoms with Crippen LogP contribution in [0, 0.1) is 13.8 Å². The van der Waals surface area contributed by atoms with Gasteiger partial charge in [-0.15, -0.1) is 0 Å². The van der Waals surface area contributed by atoms with Crippen LogP contribution in [0.3, 0.4) is 0 Å². The van der Waals surface area contributed by atoms with Gasteiger partial charge in [-0.05, 0) is 51.3 Å². The number of likely N-dealkylation sites (N-methyl/N-ethyl adjacent to an activating group) is 1. The van der Waals surface area contributed by atoms with E-state index >= 15 is 4.79 Å². The summed E-state index contributed by atoms with van der Waals surface area (Å²) in [5.41, 5.74) is 2.37. The van der Waals surface area contributed by atoms with Crippen LogP contribution in [0.2, 0.25) is 0 Å². The maximum absolute atomic E-state index is 15.2. The average molecular weight is 735 g/mol. The molecule has 4 rings (SSSR count). The van der Waals surface area contributed by atoms with Crippen molar-refractivity contribution in [3.63, 3.8) is 0 Å². The fourth-order valence-electron chi connectivity index (χ4n) is 6.74. The summed E-state index contributed by atoms with van der Waals surface area (Å²) in [4.78, 5) is 58.2. The molecule has 1 aliphatic rings. The van der Waals surface area contributed by atoms with Crippen LogP contribution in [0.4, 0.5) is 4.79 Å². The van der Waals surface area contributed by atoms with Crippen LogP contribution >= 0.6 is 0 Å². The number of rotatable bonds is 14. The Kier molecular flexibility index (Phi) is 13.0. The van der Waals surface area contributed by atoms with E-state index in [0.717, 1.165) is 5.56 Å². The number of ether oxygens (including phenoxy) is 7. The maximum Gasteiger partial charge on any atom is 0.410 e. The second-order valence-corrected chi connectivity index (χ2v) is 13.7. The molecular formula is C40H50N2O11. The molecule has 1 aliphatic heterocycles. The first-order valence-corrected chi connectivity index (χ1v) is 17.1. The second-order valence-electron chi connectivity index (χ2n) is 13.7. The molecule has 13 heteroatoms. The van der Waals surface area contributed by atoms with Crippen molar-refractivity contribution in [3.8, 4) is 28.7 Å². The standard InChI is InChI=1S/C40H50N2O11/c1-23-17-26(27(20-43)36(50-10)33(23)47-7)18-28(41(6)39(46)53-40(3,4)5)38(45)42-19-30(44)32-31(29(42)22-52-21-25-15-13-12-14-16-25)37(51-11)35(49-9)24(2)34(32)48-8/h12-17,20,28-29H,18-19,21-22H2,1-11H3/t28-,29-/m0/s1. The lowest BCUT2D eigenvalue weighted by Gasteiger charge is -2.41. The number of nitrogens with zero attached hydrogens (tertiary/aromatic N) is 2. The van der Waals surface area contributed by atoms with Gasteiger partial charge in [0.15, 0.2) is 35.1 Å². The van der Waals surface area contributed by atoms with E-state index in [0.29, 0.717) is 45.8 Å². The van der Waals surface area contributed by atoms with Crippen LogP contribution in [0.1, 0.15) is 75.3 Å². The average Bonchev–Trinajstić information content (AvgIpc) is 3.12. The third-order valence-electron chi connectivity index (χ3n) is 9.13. The number of carbonyl (C=O) groups excluding carboxylic acids is 4. The third-order valence-corrected chi connectivity index (χ3v) is 9.13. The van der Waals surface area contributed by atoms with Crippen molar-refractivity contribution >= 4 is 24.1 Å². The fraction of sp³-hybridized carbons (Fsp3) is 0.450. The zero-order valence-corrected chi connectivity index (χ0v) is 32.4. The van der Waals surface area contributed by atoms with Gasteiger partial charge in [-0.3, -0.25) is 19.3 Å². The number of carbonyl (C=O) groups is 4. The van der Waals surface area contributed by atoms with Crippen molar-refractivity contribution in [1.29, 1.82) is 0 Å². The van der Waals surface area contributed by atoms with Gasteiger partial charge in [-0.2, -0.15) is 0 Å². The van der Waals surface area contributed by atoms with Crippen LogP contribution in [0.25, 0.3) is 0 Å². The van der Waals surface area contributed by atoms with Gasteiger partial charge in [0.05, 0.1) is 72.5 Å². The topological polar surface area (TPSA) is 139 Å². The molecule has 1 heterocycles. The summed E-state index contributed by atoms with van der Waals surface area (Å²) in [6, 6.07) is 9.05. The summed E-state index contributed by atoms with van der Waals surface area (Å²) in [5.74, 6) is 0.408. The summed E-state index contributed by atoms with van der Waals surface area (Å²) in [6.07, 6.45) is -0.299. The van der Waals surface area contributed by atoms with Gasteiger partial charge in [0.1, 0.15) is 17.4 Å². The molecule has 2 atom stereocenters. The number of amides is 2. The number of aldehydes is 1. The van der Waals surface area contributed by atoms with Crippen molar-refractivity contribution in [3.05, 3.63) is 75.3 Å². The molecule has 0 radical (unpaired) electrons. The first-order chi connectivity index (χ1) is 25.2. The minimum absolute atomic E-state index is 0.0649. The molecule has 2 amide bonds. The van der Waals surface area contributed by atoms with E-state index in [1.807, 2.05) is 30.3 Å². The maximum atomic E-state index is 15.2. The van der Waals surface area contributed by atoms with Crippen molar-refractivity contribution in [2.24, 2.45) is 0 Å². The summed E-state index contributed by atoms with van der Waals surface area (Å²) >= 11 is 0. The van der Waals surface area contributed by atoms with E-state index in [9.17, 15) is 14.4 Å². The molecule has 0 fully saturated rings. The fourth-order valence-corrected chi connectivity index (χ4v) is 6.74. The summed E-state index contributed by atoms with van der Waals surface area (Å²) < 4.78 is 40.5. The van der Waals surface area contributed by atoms with Crippen molar-refractivity contribution in [2.45, 2.75) is 65.3 Å². The number of fused-ring (bicyclic) bond motifs is 1. The minimum atomic E-state index is -1.27. The highest BCUT2D eigenvalue weighted by molar-refractivity contribution is 6.07. The summed E-state index contributed by atoms with van der Waals surface area (Å²) in [5, 5.41) is 0. The molecule has 13 nitrogen and oxygen atoms in total. The molecule has 0 spiro atoms. The Hall–Kier alpha value is -5.30. The molecule has 3 aromatic rings. The van der Waals surface area contributed by atoms with Crippen LogP contribution in [-0.4, -0.2) is 101 Å². The van der Waals surface area contributed by atoms with Gasteiger partial charge in [0.25, 0.3) is 0 Å². The largest absolute Gasteiger partial charge is 0.496 e. The highest BCUT2D eigenvalue weighted by Crippen LogP contribution is 2.50. The molecule has 0 aromatic heterocycles. The minimum Gasteiger partial charge on any atom is -0.496 e. The SMILES string of the molecule is COc1c(C)cc(C[C@@H](C(=O)N2CC(=O)c3c(OC)c(C)c(OC)c(OC)c3[C@@H]2COCc2ccccc2)N(C)C(=O)OC(C)(C)C)c(C=O)c1OC. The van der Waals surface area contributed by atoms with E-state index in [4.69, 9.17) is 33.2 Å². The van der Waals surface area contributed by atoms with Gasteiger partial charge in [0.2, 0.25) is 5.91 Å². The van der Waals surface area contributed by atoms with Gasteiger partial charge < -0.3 is 38.1 Å². The molecule has 0 saturated heterocycles. The molecule has 0 aliphatic carbocycles. The number of ketones is 1.